The van der Waals surface area contributed by atoms with E-state index in [9.17, 15) is 18.0 Å². The smallest absolute Gasteiger partial charge is 0.264 e. The van der Waals surface area contributed by atoms with Gasteiger partial charge < -0.3 is 10.3 Å². The van der Waals surface area contributed by atoms with E-state index in [0.29, 0.717) is 11.3 Å². The molecule has 2 aromatic carbocycles. The molecule has 2 N–H and O–H groups in total. The molecule has 0 aliphatic heterocycles. The lowest BCUT2D eigenvalue weighted by atomic mass is 10.2. The third-order valence-corrected chi connectivity index (χ3v) is 6.04. The molecule has 0 saturated heterocycles. The summed E-state index contributed by atoms with van der Waals surface area (Å²) in [6, 6.07) is 14.0. The van der Waals surface area contributed by atoms with Crippen LogP contribution in [0.1, 0.15) is 15.9 Å². The first-order valence-electron chi connectivity index (χ1n) is 8.43. The number of anilines is 2. The second-order valence-electron chi connectivity index (χ2n) is 6.21. The number of hydrogen-bond donors (Lipinski definition) is 2. The first-order chi connectivity index (χ1) is 13.3. The largest absolute Gasteiger partial charge is 0.366 e. The highest BCUT2D eigenvalue weighted by atomic mass is 32.2. The molecule has 0 saturated carbocycles. The Hall–Kier alpha value is -3.39. The van der Waals surface area contributed by atoms with Gasteiger partial charge >= 0.3 is 0 Å². The molecule has 7 nitrogen and oxygen atoms in total. The number of carbonyl (C=O) groups excluding carboxylic acids is 1. The Morgan fingerprint density at radius 1 is 1.00 bits per heavy atom. The molecular formula is C20H19N3O4S. The number of benzene rings is 2. The van der Waals surface area contributed by atoms with E-state index in [4.69, 9.17) is 0 Å². The number of nitrogens with one attached hydrogen (secondary N) is 2. The molecule has 1 heterocycles. The number of rotatable bonds is 5. The number of aromatic nitrogens is 1. The normalized spacial score (nSPS) is 11.1. The lowest BCUT2D eigenvalue weighted by molar-refractivity contribution is 0.102. The van der Waals surface area contributed by atoms with Crippen molar-refractivity contribution in [1.29, 1.82) is 0 Å². The number of H-pyrrole nitrogens is 1. The van der Waals surface area contributed by atoms with E-state index in [-0.39, 0.29) is 16.0 Å². The lowest BCUT2D eigenvalue weighted by Crippen LogP contribution is -2.26. The molecule has 1 aromatic heterocycles. The zero-order valence-corrected chi connectivity index (χ0v) is 16.2. The number of nitrogens with zero attached hydrogens (tertiary/aromatic N) is 1. The molecule has 1 amide bonds. The molecule has 0 aliphatic rings. The molecule has 28 heavy (non-hydrogen) atoms. The molecule has 0 aliphatic carbocycles. The summed E-state index contributed by atoms with van der Waals surface area (Å²) in [6.07, 6.45) is 2.87. The van der Waals surface area contributed by atoms with Crippen molar-refractivity contribution < 1.29 is 13.2 Å². The average molecular weight is 397 g/mol. The summed E-state index contributed by atoms with van der Waals surface area (Å²) in [6.45, 7) is 1.88. The molecule has 0 bridgehead atoms. The van der Waals surface area contributed by atoms with Gasteiger partial charge in [-0.2, -0.15) is 0 Å². The maximum absolute atomic E-state index is 12.7. The quantitative estimate of drug-likeness (QED) is 0.691. The zero-order valence-electron chi connectivity index (χ0n) is 15.3. The van der Waals surface area contributed by atoms with Crippen molar-refractivity contribution in [1.82, 2.24) is 4.98 Å². The van der Waals surface area contributed by atoms with Crippen molar-refractivity contribution in [2.45, 2.75) is 11.8 Å². The van der Waals surface area contributed by atoms with Crippen LogP contribution in [0.4, 0.5) is 11.4 Å². The van der Waals surface area contributed by atoms with Crippen molar-refractivity contribution in [3.05, 3.63) is 88.3 Å². The van der Waals surface area contributed by atoms with Gasteiger partial charge in [0.25, 0.3) is 15.9 Å². The number of amides is 1. The minimum Gasteiger partial charge on any atom is -0.366 e. The standard InChI is InChI=1S/C20H19N3O4S/c1-14-3-9-17(10-4-14)28(26,27)23(2)16-7-5-15(6-8-16)20(25)22-18-13-21-12-11-19(18)24/h3-13H,1-2H3,(H,21,24)(H,22,25). The van der Waals surface area contributed by atoms with Crippen molar-refractivity contribution >= 4 is 27.3 Å². The molecule has 0 atom stereocenters. The first-order valence-corrected chi connectivity index (χ1v) is 9.87. The van der Waals surface area contributed by atoms with Crippen LogP contribution in [0.25, 0.3) is 0 Å². The van der Waals surface area contributed by atoms with Gasteiger partial charge in [-0.1, -0.05) is 17.7 Å². The highest BCUT2D eigenvalue weighted by Gasteiger charge is 2.21. The van der Waals surface area contributed by atoms with Gasteiger partial charge in [0.1, 0.15) is 5.69 Å². The van der Waals surface area contributed by atoms with Crippen LogP contribution >= 0.6 is 0 Å². The van der Waals surface area contributed by atoms with E-state index in [1.807, 2.05) is 6.92 Å². The van der Waals surface area contributed by atoms with Crippen LogP contribution < -0.4 is 15.1 Å². The Bertz CT molecular complexity index is 1150. The number of hydrogen-bond acceptors (Lipinski definition) is 4. The fourth-order valence-corrected chi connectivity index (χ4v) is 3.73. The van der Waals surface area contributed by atoms with E-state index < -0.39 is 15.9 Å². The Balaban J connectivity index is 1.80. The van der Waals surface area contributed by atoms with Gasteiger partial charge in [0.15, 0.2) is 0 Å². The van der Waals surface area contributed by atoms with Crippen molar-refractivity contribution in [2.75, 3.05) is 16.7 Å². The summed E-state index contributed by atoms with van der Waals surface area (Å²) in [5.41, 5.74) is 1.50. The summed E-state index contributed by atoms with van der Waals surface area (Å²) in [5, 5.41) is 2.52. The summed E-state index contributed by atoms with van der Waals surface area (Å²) in [4.78, 5) is 26.9. The molecule has 0 fully saturated rings. The predicted octanol–water partition coefficient (Wildman–Crippen LogP) is 2.76. The van der Waals surface area contributed by atoms with Crippen LogP contribution in [0.3, 0.4) is 0 Å². The molecule has 3 rings (SSSR count). The van der Waals surface area contributed by atoms with Gasteiger partial charge in [0, 0.05) is 31.1 Å². The molecule has 3 aromatic rings. The third-order valence-electron chi connectivity index (χ3n) is 4.24. The highest BCUT2D eigenvalue weighted by Crippen LogP contribution is 2.23. The van der Waals surface area contributed by atoms with E-state index in [0.717, 1.165) is 9.87 Å². The fraction of sp³-hybridized carbons (Fsp3) is 0.100. The van der Waals surface area contributed by atoms with Crippen molar-refractivity contribution in [2.24, 2.45) is 0 Å². The average Bonchev–Trinajstić information content (AvgIpc) is 2.69. The van der Waals surface area contributed by atoms with Gasteiger partial charge in [-0.3, -0.25) is 13.9 Å². The third kappa shape index (κ3) is 3.96. The first kappa shape index (κ1) is 19.4. The number of aromatic amines is 1. The van der Waals surface area contributed by atoms with Crippen LogP contribution in [0, 0.1) is 6.92 Å². The Kier molecular flexibility index (Phi) is 5.32. The molecule has 8 heteroatoms. The summed E-state index contributed by atoms with van der Waals surface area (Å²) >= 11 is 0. The van der Waals surface area contributed by atoms with E-state index in [1.165, 1.54) is 49.8 Å². The van der Waals surface area contributed by atoms with Crippen LogP contribution in [0.5, 0.6) is 0 Å². The summed E-state index contributed by atoms with van der Waals surface area (Å²) < 4.78 is 26.7. The summed E-state index contributed by atoms with van der Waals surface area (Å²) in [5.74, 6) is -0.465. The van der Waals surface area contributed by atoms with Crippen molar-refractivity contribution in [3.63, 3.8) is 0 Å². The minimum atomic E-state index is -3.71. The van der Waals surface area contributed by atoms with E-state index >= 15 is 0 Å². The SMILES string of the molecule is Cc1ccc(S(=O)(=O)N(C)c2ccc(C(=O)Nc3c[nH]ccc3=O)cc2)cc1. The van der Waals surface area contributed by atoms with Gasteiger partial charge in [0.05, 0.1) is 10.6 Å². The molecule has 0 unspecified atom stereocenters. The van der Waals surface area contributed by atoms with Crippen LogP contribution in [-0.2, 0) is 10.0 Å². The Morgan fingerprint density at radius 2 is 1.64 bits per heavy atom. The van der Waals surface area contributed by atoms with Crippen LogP contribution in [0.2, 0.25) is 0 Å². The van der Waals surface area contributed by atoms with Gasteiger partial charge in [-0.25, -0.2) is 8.42 Å². The van der Waals surface area contributed by atoms with E-state index in [1.54, 1.807) is 24.3 Å². The fourth-order valence-electron chi connectivity index (χ4n) is 2.54. The zero-order chi connectivity index (χ0) is 20.3. The van der Waals surface area contributed by atoms with Crippen LogP contribution in [0.15, 0.2) is 76.7 Å². The number of aryl methyl sites for hydroxylation is 1. The van der Waals surface area contributed by atoms with Crippen LogP contribution in [-0.4, -0.2) is 26.4 Å². The van der Waals surface area contributed by atoms with Gasteiger partial charge in [-0.05, 0) is 43.3 Å². The second-order valence-corrected chi connectivity index (χ2v) is 8.18. The molecule has 0 spiro atoms. The molecule has 0 radical (unpaired) electrons. The number of carbonyl (C=O) groups is 1. The Morgan fingerprint density at radius 3 is 2.25 bits per heavy atom. The van der Waals surface area contributed by atoms with Gasteiger partial charge in [-0.15, -0.1) is 0 Å². The van der Waals surface area contributed by atoms with Gasteiger partial charge in [0.2, 0.25) is 5.43 Å². The predicted molar refractivity (Wildman–Crippen MR) is 108 cm³/mol. The second kappa shape index (κ2) is 7.69. The summed E-state index contributed by atoms with van der Waals surface area (Å²) in [7, 11) is -2.26. The lowest BCUT2D eigenvalue weighted by Gasteiger charge is -2.20. The number of pyridine rings is 1. The highest BCUT2D eigenvalue weighted by molar-refractivity contribution is 7.92. The monoisotopic (exact) mass is 397 g/mol. The number of sulfonamides is 1. The molecular weight excluding hydrogens is 378 g/mol. The van der Waals surface area contributed by atoms with E-state index in [2.05, 4.69) is 10.3 Å². The Labute approximate surface area is 162 Å². The topological polar surface area (TPSA) is 99.3 Å². The maximum atomic E-state index is 12.7. The molecule has 144 valence electrons. The minimum absolute atomic E-state index is 0.135. The van der Waals surface area contributed by atoms with Crippen molar-refractivity contribution in [3.8, 4) is 0 Å². The maximum Gasteiger partial charge on any atom is 0.264 e.